The van der Waals surface area contributed by atoms with Crippen molar-refractivity contribution in [1.82, 2.24) is 5.32 Å². The zero-order valence-corrected chi connectivity index (χ0v) is 10.9. The van der Waals surface area contributed by atoms with E-state index in [0.29, 0.717) is 12.3 Å². The van der Waals surface area contributed by atoms with Crippen LogP contribution in [0.1, 0.15) is 6.92 Å². The number of urea groups is 1. The van der Waals surface area contributed by atoms with Gasteiger partial charge in [0.25, 0.3) is 0 Å². The summed E-state index contributed by atoms with van der Waals surface area (Å²) in [6, 6.07) is 6.73. The molecule has 1 aromatic rings. The number of benzene rings is 1. The molecule has 0 heterocycles. The maximum Gasteiger partial charge on any atom is 0.325 e. The molecule has 0 atom stereocenters. The number of ether oxygens (including phenoxy) is 1. The molecule has 0 aliphatic rings. The second-order valence-electron chi connectivity index (χ2n) is 3.09. The molecule has 0 aliphatic heterocycles. The molecule has 0 spiro atoms. The lowest BCUT2D eigenvalue weighted by Crippen LogP contribution is -2.34. The van der Waals surface area contributed by atoms with Crippen molar-refractivity contribution >= 4 is 33.6 Å². The van der Waals surface area contributed by atoms with Gasteiger partial charge in [0.15, 0.2) is 0 Å². The Balaban J connectivity index is 2.40. The quantitative estimate of drug-likeness (QED) is 0.837. The molecule has 1 rings (SSSR count). The van der Waals surface area contributed by atoms with Gasteiger partial charge in [-0.15, -0.1) is 0 Å². The van der Waals surface area contributed by atoms with Gasteiger partial charge in [-0.05, 0) is 35.0 Å². The SMILES string of the molecule is CCOC(=O)CNC(=O)Nc1ccccc1Br. The van der Waals surface area contributed by atoms with Crippen molar-refractivity contribution in [3.8, 4) is 0 Å². The number of para-hydroxylation sites is 1. The first kappa shape index (κ1) is 13.5. The summed E-state index contributed by atoms with van der Waals surface area (Å²) in [5.41, 5.74) is 0.633. The first-order valence-electron chi connectivity index (χ1n) is 5.08. The summed E-state index contributed by atoms with van der Waals surface area (Å²) < 4.78 is 5.45. The Morgan fingerprint density at radius 3 is 2.71 bits per heavy atom. The van der Waals surface area contributed by atoms with E-state index in [9.17, 15) is 9.59 Å². The van der Waals surface area contributed by atoms with Crippen LogP contribution in [0, 0.1) is 0 Å². The van der Waals surface area contributed by atoms with Crippen LogP contribution >= 0.6 is 15.9 Å². The number of halogens is 1. The van der Waals surface area contributed by atoms with Gasteiger partial charge in [0, 0.05) is 4.47 Å². The molecular formula is C11H13BrN2O3. The van der Waals surface area contributed by atoms with E-state index in [4.69, 9.17) is 0 Å². The number of rotatable bonds is 4. The Bertz CT molecular complexity index is 409. The van der Waals surface area contributed by atoms with E-state index in [-0.39, 0.29) is 6.54 Å². The molecule has 1 aromatic carbocycles. The minimum atomic E-state index is -0.463. The molecule has 92 valence electrons. The highest BCUT2D eigenvalue weighted by Gasteiger charge is 2.07. The molecule has 0 unspecified atom stereocenters. The average molecular weight is 301 g/mol. The third-order valence-electron chi connectivity index (χ3n) is 1.82. The van der Waals surface area contributed by atoms with Crippen LogP contribution in [0.25, 0.3) is 0 Å². The van der Waals surface area contributed by atoms with Crippen LogP contribution in [0.15, 0.2) is 28.7 Å². The van der Waals surface area contributed by atoms with Crippen molar-refractivity contribution in [2.75, 3.05) is 18.5 Å². The predicted molar refractivity (Wildman–Crippen MR) is 67.8 cm³/mol. The minimum Gasteiger partial charge on any atom is -0.465 e. The highest BCUT2D eigenvalue weighted by atomic mass is 79.9. The third kappa shape index (κ3) is 4.86. The molecule has 0 bridgehead atoms. The largest absolute Gasteiger partial charge is 0.465 e. The number of carbonyl (C=O) groups is 2. The number of amides is 2. The first-order chi connectivity index (χ1) is 8.13. The highest BCUT2D eigenvalue weighted by Crippen LogP contribution is 2.20. The minimum absolute atomic E-state index is 0.149. The Morgan fingerprint density at radius 2 is 2.06 bits per heavy atom. The van der Waals surface area contributed by atoms with Crippen molar-refractivity contribution in [2.45, 2.75) is 6.92 Å². The second-order valence-corrected chi connectivity index (χ2v) is 3.95. The fourth-order valence-electron chi connectivity index (χ4n) is 1.09. The van der Waals surface area contributed by atoms with Gasteiger partial charge in [0.05, 0.1) is 12.3 Å². The summed E-state index contributed by atoms with van der Waals surface area (Å²) in [5.74, 6) is -0.463. The van der Waals surface area contributed by atoms with E-state index >= 15 is 0 Å². The summed E-state index contributed by atoms with van der Waals surface area (Å²) in [4.78, 5) is 22.4. The van der Waals surface area contributed by atoms with Gasteiger partial charge in [-0.2, -0.15) is 0 Å². The molecule has 6 heteroatoms. The van der Waals surface area contributed by atoms with Crippen molar-refractivity contribution in [3.63, 3.8) is 0 Å². The smallest absolute Gasteiger partial charge is 0.325 e. The lowest BCUT2D eigenvalue weighted by Gasteiger charge is -2.08. The van der Waals surface area contributed by atoms with Crippen LogP contribution in [-0.2, 0) is 9.53 Å². The van der Waals surface area contributed by atoms with Gasteiger partial charge in [0.2, 0.25) is 0 Å². The van der Waals surface area contributed by atoms with Gasteiger partial charge in [-0.25, -0.2) is 4.79 Å². The first-order valence-corrected chi connectivity index (χ1v) is 5.87. The number of nitrogens with one attached hydrogen (secondary N) is 2. The topological polar surface area (TPSA) is 67.4 Å². The standard InChI is InChI=1S/C11H13BrN2O3/c1-2-17-10(15)7-13-11(16)14-9-6-4-3-5-8(9)12/h3-6H,2,7H2,1H3,(H2,13,14,16). The van der Waals surface area contributed by atoms with E-state index in [2.05, 4.69) is 31.3 Å². The molecule has 0 radical (unpaired) electrons. The molecule has 2 N–H and O–H groups in total. The monoisotopic (exact) mass is 300 g/mol. The van der Waals surface area contributed by atoms with Crippen LogP contribution in [0.2, 0.25) is 0 Å². The van der Waals surface area contributed by atoms with Crippen molar-refractivity contribution in [2.24, 2.45) is 0 Å². The van der Waals surface area contributed by atoms with Crippen LogP contribution < -0.4 is 10.6 Å². The fraction of sp³-hybridized carbons (Fsp3) is 0.273. The lowest BCUT2D eigenvalue weighted by molar-refractivity contribution is -0.141. The van der Waals surface area contributed by atoms with Gasteiger partial charge >= 0.3 is 12.0 Å². The molecule has 0 aromatic heterocycles. The number of hydrogen-bond donors (Lipinski definition) is 2. The molecule has 2 amide bonds. The molecular weight excluding hydrogens is 288 g/mol. The molecule has 5 nitrogen and oxygen atoms in total. The van der Waals surface area contributed by atoms with Gasteiger partial charge in [-0.3, -0.25) is 4.79 Å². The maximum atomic E-state index is 11.4. The Morgan fingerprint density at radius 1 is 1.35 bits per heavy atom. The highest BCUT2D eigenvalue weighted by molar-refractivity contribution is 9.10. The van der Waals surface area contributed by atoms with E-state index in [1.54, 1.807) is 25.1 Å². The van der Waals surface area contributed by atoms with E-state index in [1.165, 1.54) is 0 Å². The normalized spacial score (nSPS) is 9.53. The second kappa shape index (κ2) is 6.90. The summed E-state index contributed by atoms with van der Waals surface area (Å²) in [7, 11) is 0. The number of esters is 1. The Kier molecular flexibility index (Phi) is 5.48. The summed E-state index contributed by atoms with van der Waals surface area (Å²) in [5, 5.41) is 5.00. The van der Waals surface area contributed by atoms with Crippen LogP contribution in [0.5, 0.6) is 0 Å². The summed E-state index contributed by atoms with van der Waals surface area (Å²) >= 11 is 3.30. The summed E-state index contributed by atoms with van der Waals surface area (Å²) in [6.07, 6.45) is 0. The molecule has 17 heavy (non-hydrogen) atoms. The maximum absolute atomic E-state index is 11.4. The van der Waals surface area contributed by atoms with E-state index in [1.807, 2.05) is 6.07 Å². The molecule has 0 aliphatic carbocycles. The number of carbonyl (C=O) groups excluding carboxylic acids is 2. The van der Waals surface area contributed by atoms with Crippen molar-refractivity contribution in [3.05, 3.63) is 28.7 Å². The number of hydrogen-bond acceptors (Lipinski definition) is 3. The van der Waals surface area contributed by atoms with Crippen LogP contribution in [0.3, 0.4) is 0 Å². The van der Waals surface area contributed by atoms with Gasteiger partial charge in [-0.1, -0.05) is 12.1 Å². The van der Waals surface area contributed by atoms with E-state index < -0.39 is 12.0 Å². The van der Waals surface area contributed by atoms with Crippen LogP contribution in [-0.4, -0.2) is 25.2 Å². The Hall–Kier alpha value is -1.56. The van der Waals surface area contributed by atoms with Gasteiger partial charge < -0.3 is 15.4 Å². The molecule has 0 saturated carbocycles. The third-order valence-corrected chi connectivity index (χ3v) is 2.51. The lowest BCUT2D eigenvalue weighted by atomic mass is 10.3. The predicted octanol–water partition coefficient (Wildman–Crippen LogP) is 2.13. The van der Waals surface area contributed by atoms with E-state index in [0.717, 1.165) is 4.47 Å². The van der Waals surface area contributed by atoms with Crippen LogP contribution in [0.4, 0.5) is 10.5 Å². The number of anilines is 1. The Labute approximate surface area is 108 Å². The summed E-state index contributed by atoms with van der Waals surface area (Å²) in [6.45, 7) is 1.86. The van der Waals surface area contributed by atoms with Gasteiger partial charge in [0.1, 0.15) is 6.54 Å². The molecule has 0 fully saturated rings. The zero-order chi connectivity index (χ0) is 12.7. The zero-order valence-electron chi connectivity index (χ0n) is 9.33. The average Bonchev–Trinajstić information content (AvgIpc) is 2.30. The van der Waals surface area contributed by atoms with Crippen molar-refractivity contribution in [1.29, 1.82) is 0 Å². The van der Waals surface area contributed by atoms with Crippen molar-refractivity contribution < 1.29 is 14.3 Å². The fourth-order valence-corrected chi connectivity index (χ4v) is 1.48. The molecule has 0 saturated heterocycles.